The highest BCUT2D eigenvalue weighted by atomic mass is 16.1. The number of carbonyl (C=O) groups excluding carboxylic acids is 1. The lowest BCUT2D eigenvalue weighted by atomic mass is 9.96. The molecule has 21 heavy (non-hydrogen) atoms. The van der Waals surface area contributed by atoms with Crippen molar-refractivity contribution in [2.45, 2.75) is 64.3 Å². The first kappa shape index (κ1) is 16.2. The van der Waals surface area contributed by atoms with Gasteiger partial charge in [0.1, 0.15) is 0 Å². The van der Waals surface area contributed by atoms with Gasteiger partial charge in [-0.15, -0.1) is 0 Å². The zero-order valence-electron chi connectivity index (χ0n) is 13.4. The van der Waals surface area contributed by atoms with Crippen LogP contribution in [0.1, 0.15) is 68.6 Å². The summed E-state index contributed by atoms with van der Waals surface area (Å²) < 4.78 is 0. The molecule has 2 rings (SSSR count). The van der Waals surface area contributed by atoms with Gasteiger partial charge in [-0.3, -0.25) is 4.79 Å². The summed E-state index contributed by atoms with van der Waals surface area (Å²) in [7, 11) is 0. The third-order valence-electron chi connectivity index (χ3n) is 4.58. The number of benzene rings is 1. The summed E-state index contributed by atoms with van der Waals surface area (Å²) in [5.41, 5.74) is 0.860. The minimum absolute atomic E-state index is 0.290. The standard InChI is InChI=1S/C19H29NO/c1-2-3-12-18-13-7-8-15-20(18)16-9-14-19(21)17-10-5-4-6-11-17/h4-6,10-11,18H,2-3,7-9,12-16H2,1H3. The maximum atomic E-state index is 12.1. The minimum Gasteiger partial charge on any atom is -0.300 e. The van der Waals surface area contributed by atoms with Crippen LogP contribution < -0.4 is 0 Å². The highest BCUT2D eigenvalue weighted by molar-refractivity contribution is 5.95. The summed E-state index contributed by atoms with van der Waals surface area (Å²) in [5.74, 6) is 0.290. The molecule has 0 N–H and O–H groups in total. The van der Waals surface area contributed by atoms with Crippen molar-refractivity contribution in [3.05, 3.63) is 35.9 Å². The molecular formula is C19H29NO. The molecular weight excluding hydrogens is 258 g/mol. The Balaban J connectivity index is 1.74. The summed E-state index contributed by atoms with van der Waals surface area (Å²) in [6, 6.07) is 10.5. The van der Waals surface area contributed by atoms with Crippen molar-refractivity contribution >= 4 is 5.78 Å². The van der Waals surface area contributed by atoms with Crippen LogP contribution in [0.4, 0.5) is 0 Å². The third kappa shape index (κ3) is 5.28. The number of likely N-dealkylation sites (tertiary alicyclic amines) is 1. The van der Waals surface area contributed by atoms with Crippen molar-refractivity contribution < 1.29 is 4.79 Å². The van der Waals surface area contributed by atoms with Gasteiger partial charge in [0.2, 0.25) is 0 Å². The number of piperidine rings is 1. The minimum atomic E-state index is 0.290. The topological polar surface area (TPSA) is 20.3 Å². The molecule has 1 heterocycles. The second kappa shape index (κ2) is 8.99. The van der Waals surface area contributed by atoms with Gasteiger partial charge in [0, 0.05) is 18.0 Å². The second-order valence-electron chi connectivity index (χ2n) is 6.22. The number of Topliss-reactive ketones (excluding diaryl/α,β-unsaturated/α-hetero) is 1. The molecule has 1 aliphatic rings. The molecule has 2 nitrogen and oxygen atoms in total. The van der Waals surface area contributed by atoms with E-state index in [-0.39, 0.29) is 5.78 Å². The third-order valence-corrected chi connectivity index (χ3v) is 4.58. The normalized spacial score (nSPS) is 19.6. The van der Waals surface area contributed by atoms with Gasteiger partial charge in [-0.2, -0.15) is 0 Å². The van der Waals surface area contributed by atoms with Crippen LogP contribution in [0.3, 0.4) is 0 Å². The highest BCUT2D eigenvalue weighted by Crippen LogP contribution is 2.22. The van der Waals surface area contributed by atoms with E-state index in [1.807, 2.05) is 30.3 Å². The molecule has 1 saturated heterocycles. The molecule has 0 saturated carbocycles. The van der Waals surface area contributed by atoms with E-state index < -0.39 is 0 Å². The lowest BCUT2D eigenvalue weighted by Gasteiger charge is -2.35. The van der Waals surface area contributed by atoms with E-state index in [0.717, 1.165) is 24.6 Å². The molecule has 116 valence electrons. The summed E-state index contributed by atoms with van der Waals surface area (Å²) in [6.45, 7) is 4.59. The summed E-state index contributed by atoms with van der Waals surface area (Å²) in [6.07, 6.45) is 9.71. The molecule has 1 aromatic rings. The Hall–Kier alpha value is -1.15. The van der Waals surface area contributed by atoms with Gasteiger partial charge in [0.15, 0.2) is 5.78 Å². The van der Waals surface area contributed by atoms with E-state index in [1.165, 1.54) is 45.1 Å². The van der Waals surface area contributed by atoms with Crippen molar-refractivity contribution in [1.29, 1.82) is 0 Å². The molecule has 1 aliphatic heterocycles. The van der Waals surface area contributed by atoms with E-state index in [4.69, 9.17) is 0 Å². The lowest BCUT2D eigenvalue weighted by Crippen LogP contribution is -2.40. The average Bonchev–Trinajstić information content (AvgIpc) is 2.54. The highest BCUT2D eigenvalue weighted by Gasteiger charge is 2.21. The first-order chi connectivity index (χ1) is 10.3. The van der Waals surface area contributed by atoms with Crippen molar-refractivity contribution in [2.75, 3.05) is 13.1 Å². The fourth-order valence-electron chi connectivity index (χ4n) is 3.33. The van der Waals surface area contributed by atoms with Crippen molar-refractivity contribution in [2.24, 2.45) is 0 Å². The Bertz CT molecular complexity index is 415. The number of rotatable bonds is 8. The van der Waals surface area contributed by atoms with Gasteiger partial charge in [0.25, 0.3) is 0 Å². The first-order valence-electron chi connectivity index (χ1n) is 8.63. The Kier molecular flexibility index (Phi) is 6.94. The maximum Gasteiger partial charge on any atom is 0.162 e. The van der Waals surface area contributed by atoms with Crippen LogP contribution in [0.5, 0.6) is 0 Å². The number of unbranched alkanes of at least 4 members (excludes halogenated alkanes) is 1. The molecule has 1 unspecified atom stereocenters. The molecule has 1 aromatic carbocycles. The van der Waals surface area contributed by atoms with Crippen LogP contribution in [0, 0.1) is 0 Å². The number of hydrogen-bond donors (Lipinski definition) is 0. The van der Waals surface area contributed by atoms with Crippen LogP contribution in [-0.4, -0.2) is 29.8 Å². The van der Waals surface area contributed by atoms with Crippen molar-refractivity contribution in [3.63, 3.8) is 0 Å². The lowest BCUT2D eigenvalue weighted by molar-refractivity contribution is 0.0957. The summed E-state index contributed by atoms with van der Waals surface area (Å²) >= 11 is 0. The number of ketones is 1. The molecule has 0 amide bonds. The van der Waals surface area contributed by atoms with Gasteiger partial charge in [-0.25, -0.2) is 0 Å². The molecule has 0 aromatic heterocycles. The van der Waals surface area contributed by atoms with Gasteiger partial charge < -0.3 is 4.90 Å². The van der Waals surface area contributed by atoms with E-state index >= 15 is 0 Å². The van der Waals surface area contributed by atoms with E-state index in [9.17, 15) is 4.79 Å². The molecule has 0 aliphatic carbocycles. The fourth-order valence-corrected chi connectivity index (χ4v) is 3.33. The van der Waals surface area contributed by atoms with Crippen LogP contribution in [0.2, 0.25) is 0 Å². The maximum absolute atomic E-state index is 12.1. The zero-order chi connectivity index (χ0) is 14.9. The summed E-state index contributed by atoms with van der Waals surface area (Å²) in [4.78, 5) is 14.8. The van der Waals surface area contributed by atoms with Crippen molar-refractivity contribution in [1.82, 2.24) is 4.90 Å². The fraction of sp³-hybridized carbons (Fsp3) is 0.632. The molecule has 0 bridgehead atoms. The van der Waals surface area contributed by atoms with Crippen LogP contribution >= 0.6 is 0 Å². The number of nitrogens with zero attached hydrogens (tertiary/aromatic N) is 1. The summed E-state index contributed by atoms with van der Waals surface area (Å²) in [5, 5.41) is 0. The average molecular weight is 287 g/mol. The van der Waals surface area contributed by atoms with Crippen LogP contribution in [0.15, 0.2) is 30.3 Å². The first-order valence-corrected chi connectivity index (χ1v) is 8.63. The van der Waals surface area contributed by atoms with Gasteiger partial charge in [0.05, 0.1) is 0 Å². The van der Waals surface area contributed by atoms with Gasteiger partial charge in [-0.05, 0) is 38.8 Å². The molecule has 1 fully saturated rings. The molecule has 0 radical (unpaired) electrons. The number of hydrogen-bond acceptors (Lipinski definition) is 2. The predicted molar refractivity (Wildman–Crippen MR) is 88.7 cm³/mol. The van der Waals surface area contributed by atoms with Gasteiger partial charge in [-0.1, -0.05) is 56.5 Å². The largest absolute Gasteiger partial charge is 0.300 e. The SMILES string of the molecule is CCCCC1CCCCN1CCCC(=O)c1ccccc1. The van der Waals surface area contributed by atoms with E-state index in [1.54, 1.807) is 0 Å². The smallest absolute Gasteiger partial charge is 0.162 e. The molecule has 1 atom stereocenters. The number of carbonyl (C=O) groups is 1. The van der Waals surface area contributed by atoms with E-state index in [2.05, 4.69) is 11.8 Å². The molecule has 0 spiro atoms. The quantitative estimate of drug-likeness (QED) is 0.646. The van der Waals surface area contributed by atoms with Crippen LogP contribution in [-0.2, 0) is 0 Å². The van der Waals surface area contributed by atoms with E-state index in [0.29, 0.717) is 6.42 Å². The van der Waals surface area contributed by atoms with Crippen molar-refractivity contribution in [3.8, 4) is 0 Å². The zero-order valence-corrected chi connectivity index (χ0v) is 13.4. The predicted octanol–water partition coefficient (Wildman–Crippen LogP) is 4.69. The Morgan fingerprint density at radius 2 is 2.00 bits per heavy atom. The molecule has 2 heteroatoms. The monoisotopic (exact) mass is 287 g/mol. The van der Waals surface area contributed by atoms with Crippen LogP contribution in [0.25, 0.3) is 0 Å². The van der Waals surface area contributed by atoms with Gasteiger partial charge >= 0.3 is 0 Å². The second-order valence-corrected chi connectivity index (χ2v) is 6.22. The Morgan fingerprint density at radius 3 is 2.76 bits per heavy atom. The Labute approximate surface area is 129 Å². The Morgan fingerprint density at radius 1 is 1.19 bits per heavy atom.